The Hall–Kier alpha value is -1.61. The lowest BCUT2D eigenvalue weighted by atomic mass is 10.1. The van der Waals surface area contributed by atoms with Gasteiger partial charge in [-0.15, -0.1) is 24.0 Å². The van der Waals surface area contributed by atoms with Gasteiger partial charge in [-0.2, -0.15) is 0 Å². The lowest BCUT2D eigenvalue weighted by molar-refractivity contribution is 0.583. The first-order chi connectivity index (χ1) is 12.4. The van der Waals surface area contributed by atoms with Crippen molar-refractivity contribution in [1.82, 2.24) is 10.6 Å². The normalized spacial score (nSPS) is 17.4. The van der Waals surface area contributed by atoms with Crippen molar-refractivity contribution >= 4 is 39.8 Å². The summed E-state index contributed by atoms with van der Waals surface area (Å²) in [6.07, 6.45) is 0.894. The molecular formula is C20H26IN3O2S. The van der Waals surface area contributed by atoms with Gasteiger partial charge >= 0.3 is 0 Å². The number of aliphatic imine (C=N–C) groups is 1. The van der Waals surface area contributed by atoms with Crippen molar-refractivity contribution in [3.8, 4) is 0 Å². The zero-order chi connectivity index (χ0) is 18.6. The van der Waals surface area contributed by atoms with Gasteiger partial charge in [0.15, 0.2) is 15.8 Å². The number of nitrogens with zero attached hydrogens (tertiary/aromatic N) is 1. The molecule has 27 heavy (non-hydrogen) atoms. The van der Waals surface area contributed by atoms with Crippen LogP contribution in [0.15, 0.2) is 64.5 Å². The SMILES string of the molecule is Cc1ccc(S(=O)(=O)CC(C)NC2=NCC(Cc3ccccc3)N2)cc1.I. The maximum Gasteiger partial charge on any atom is 0.191 e. The van der Waals surface area contributed by atoms with Crippen molar-refractivity contribution in [2.75, 3.05) is 12.3 Å². The van der Waals surface area contributed by atoms with E-state index >= 15 is 0 Å². The lowest BCUT2D eigenvalue weighted by Crippen LogP contribution is -2.45. The van der Waals surface area contributed by atoms with Crippen LogP contribution in [0.25, 0.3) is 0 Å². The van der Waals surface area contributed by atoms with Crippen LogP contribution >= 0.6 is 24.0 Å². The second-order valence-corrected chi connectivity index (χ2v) is 8.89. The molecule has 0 saturated heterocycles. The molecule has 1 aliphatic rings. The average molecular weight is 499 g/mol. The summed E-state index contributed by atoms with van der Waals surface area (Å²) in [6.45, 7) is 4.49. The number of nitrogens with one attached hydrogen (secondary N) is 2. The summed E-state index contributed by atoms with van der Waals surface area (Å²) in [5, 5.41) is 6.54. The molecule has 5 nitrogen and oxygen atoms in total. The van der Waals surface area contributed by atoms with E-state index in [2.05, 4.69) is 27.8 Å². The standard InChI is InChI=1S/C20H25N3O2S.HI/c1-15-8-10-19(11-9-15)26(24,25)14-16(2)22-20-21-13-18(23-20)12-17-6-4-3-5-7-17;/h3-11,16,18H,12-14H2,1-2H3,(H2,21,22,23);1H. The summed E-state index contributed by atoms with van der Waals surface area (Å²) in [5.74, 6) is 0.706. The van der Waals surface area contributed by atoms with E-state index in [-0.39, 0.29) is 41.8 Å². The fraction of sp³-hybridized carbons (Fsp3) is 0.350. The van der Waals surface area contributed by atoms with Crippen LogP contribution in [0.1, 0.15) is 18.1 Å². The molecule has 0 fully saturated rings. The summed E-state index contributed by atoms with van der Waals surface area (Å²) >= 11 is 0. The molecule has 2 aromatic carbocycles. The van der Waals surface area contributed by atoms with Gasteiger partial charge in [0.05, 0.1) is 23.2 Å². The Morgan fingerprint density at radius 2 is 1.81 bits per heavy atom. The van der Waals surface area contributed by atoms with Gasteiger partial charge in [0.2, 0.25) is 0 Å². The first-order valence-corrected chi connectivity index (χ1v) is 10.5. The summed E-state index contributed by atoms with van der Waals surface area (Å²) < 4.78 is 25.1. The smallest absolute Gasteiger partial charge is 0.191 e. The highest BCUT2D eigenvalue weighted by molar-refractivity contribution is 14.0. The molecular weight excluding hydrogens is 473 g/mol. The van der Waals surface area contributed by atoms with Crippen LogP contribution in [0.5, 0.6) is 0 Å². The van der Waals surface area contributed by atoms with E-state index < -0.39 is 9.84 Å². The largest absolute Gasteiger partial charge is 0.353 e. The summed E-state index contributed by atoms with van der Waals surface area (Å²) in [7, 11) is -3.33. The first-order valence-electron chi connectivity index (χ1n) is 8.83. The molecule has 0 radical (unpaired) electrons. The van der Waals surface area contributed by atoms with Crippen LogP contribution in [0.2, 0.25) is 0 Å². The van der Waals surface area contributed by atoms with Crippen LogP contribution < -0.4 is 10.6 Å². The van der Waals surface area contributed by atoms with E-state index in [4.69, 9.17) is 0 Å². The fourth-order valence-electron chi connectivity index (χ4n) is 3.03. The molecule has 7 heteroatoms. The molecule has 1 heterocycles. The van der Waals surface area contributed by atoms with Crippen molar-refractivity contribution < 1.29 is 8.42 Å². The van der Waals surface area contributed by atoms with Crippen molar-refractivity contribution in [3.05, 3.63) is 65.7 Å². The Balaban J connectivity index is 0.00000261. The molecule has 0 aliphatic carbocycles. The van der Waals surface area contributed by atoms with Crippen molar-refractivity contribution in [3.63, 3.8) is 0 Å². The van der Waals surface area contributed by atoms with Gasteiger partial charge in [-0.3, -0.25) is 4.99 Å². The highest BCUT2D eigenvalue weighted by Gasteiger charge is 2.22. The number of benzene rings is 2. The fourth-order valence-corrected chi connectivity index (χ4v) is 4.52. The van der Waals surface area contributed by atoms with Gasteiger partial charge in [0.25, 0.3) is 0 Å². The summed E-state index contributed by atoms with van der Waals surface area (Å²) in [4.78, 5) is 4.83. The molecule has 0 bridgehead atoms. The summed E-state index contributed by atoms with van der Waals surface area (Å²) in [6, 6.07) is 17.2. The van der Waals surface area contributed by atoms with Crippen LogP contribution in [-0.2, 0) is 16.3 Å². The van der Waals surface area contributed by atoms with E-state index in [1.165, 1.54) is 5.56 Å². The predicted octanol–water partition coefficient (Wildman–Crippen LogP) is 2.94. The minimum absolute atomic E-state index is 0. The maximum absolute atomic E-state index is 12.5. The topological polar surface area (TPSA) is 70.6 Å². The maximum atomic E-state index is 12.5. The number of halogens is 1. The first kappa shape index (κ1) is 21.7. The molecule has 2 atom stereocenters. The van der Waals surface area contributed by atoms with Gasteiger partial charge in [-0.1, -0.05) is 48.0 Å². The van der Waals surface area contributed by atoms with Crippen LogP contribution in [0.4, 0.5) is 0 Å². The third kappa shape index (κ3) is 6.21. The molecule has 146 valence electrons. The predicted molar refractivity (Wildman–Crippen MR) is 121 cm³/mol. The molecule has 0 saturated carbocycles. The zero-order valence-corrected chi connectivity index (χ0v) is 18.7. The molecule has 2 unspecified atom stereocenters. The Morgan fingerprint density at radius 3 is 2.48 bits per heavy atom. The van der Waals surface area contributed by atoms with E-state index in [0.29, 0.717) is 17.4 Å². The quantitative estimate of drug-likeness (QED) is 0.600. The highest BCUT2D eigenvalue weighted by Crippen LogP contribution is 2.13. The summed E-state index contributed by atoms with van der Waals surface area (Å²) in [5.41, 5.74) is 2.31. The average Bonchev–Trinajstić information content (AvgIpc) is 3.02. The molecule has 0 amide bonds. The van der Waals surface area contributed by atoms with Gasteiger partial charge < -0.3 is 10.6 Å². The van der Waals surface area contributed by atoms with E-state index in [9.17, 15) is 8.42 Å². The number of guanidine groups is 1. The van der Waals surface area contributed by atoms with Gasteiger partial charge in [0, 0.05) is 6.04 Å². The molecule has 2 aromatic rings. The second-order valence-electron chi connectivity index (χ2n) is 6.86. The number of sulfone groups is 1. The molecule has 1 aliphatic heterocycles. The molecule has 3 rings (SSSR count). The van der Waals surface area contributed by atoms with Crippen molar-refractivity contribution in [2.45, 2.75) is 37.2 Å². The van der Waals surface area contributed by atoms with Crippen LogP contribution in [-0.4, -0.2) is 38.8 Å². The molecule has 0 spiro atoms. The minimum atomic E-state index is -3.33. The minimum Gasteiger partial charge on any atom is -0.353 e. The van der Waals surface area contributed by atoms with E-state index in [1.807, 2.05) is 44.2 Å². The third-order valence-corrected chi connectivity index (χ3v) is 6.30. The Kier molecular flexibility index (Phi) is 7.67. The Labute approximate surface area is 178 Å². The number of rotatable bonds is 6. The molecule has 2 N–H and O–H groups in total. The highest BCUT2D eigenvalue weighted by atomic mass is 127. The molecule has 0 aromatic heterocycles. The van der Waals surface area contributed by atoms with Gasteiger partial charge in [0.1, 0.15) is 0 Å². The third-order valence-electron chi connectivity index (χ3n) is 4.37. The monoisotopic (exact) mass is 499 g/mol. The lowest BCUT2D eigenvalue weighted by Gasteiger charge is -2.17. The van der Waals surface area contributed by atoms with Gasteiger partial charge in [-0.25, -0.2) is 8.42 Å². The van der Waals surface area contributed by atoms with E-state index in [0.717, 1.165) is 12.0 Å². The van der Waals surface area contributed by atoms with Crippen molar-refractivity contribution in [1.29, 1.82) is 0 Å². The van der Waals surface area contributed by atoms with E-state index in [1.54, 1.807) is 12.1 Å². The number of hydrogen-bond donors (Lipinski definition) is 2. The number of aryl methyl sites for hydroxylation is 1. The Bertz CT molecular complexity index is 868. The number of hydrogen-bond acceptors (Lipinski definition) is 5. The Morgan fingerprint density at radius 1 is 1.15 bits per heavy atom. The van der Waals surface area contributed by atoms with Crippen molar-refractivity contribution in [2.24, 2.45) is 4.99 Å². The zero-order valence-electron chi connectivity index (χ0n) is 15.6. The van der Waals surface area contributed by atoms with Crippen LogP contribution in [0.3, 0.4) is 0 Å². The van der Waals surface area contributed by atoms with Crippen LogP contribution in [0, 0.1) is 6.92 Å². The second kappa shape index (κ2) is 9.54. The van der Waals surface area contributed by atoms with Gasteiger partial charge in [-0.05, 0) is 38.0 Å².